The first-order valence-corrected chi connectivity index (χ1v) is 9.70. The molecule has 1 aromatic carbocycles. The molecule has 0 aliphatic carbocycles. The second-order valence-corrected chi connectivity index (χ2v) is 8.32. The molecule has 1 atom stereocenters. The van der Waals surface area contributed by atoms with Gasteiger partial charge in [-0.25, -0.2) is 8.42 Å². The van der Waals surface area contributed by atoms with Crippen LogP contribution < -0.4 is 0 Å². The fraction of sp³-hybridized carbons (Fsp3) is 0.562. The highest BCUT2D eigenvalue weighted by Gasteiger charge is 2.40. The zero-order valence-corrected chi connectivity index (χ0v) is 15.3. The maximum absolute atomic E-state index is 13.0. The Morgan fingerprint density at radius 1 is 1.26 bits per heavy atom. The minimum Gasteiger partial charge on any atom is -0.325 e. The molecule has 0 spiro atoms. The zero-order chi connectivity index (χ0) is 17.2. The van der Waals surface area contributed by atoms with Crippen LogP contribution >= 0.6 is 11.6 Å². The molecule has 0 bridgehead atoms. The predicted octanol–water partition coefficient (Wildman–Crippen LogP) is 2.44. The molecule has 128 valence electrons. The summed E-state index contributed by atoms with van der Waals surface area (Å²) in [5.74, 6) is -0.390. The molecule has 5 nitrogen and oxygen atoms in total. The Kier molecular flexibility index (Phi) is 5.70. The lowest BCUT2D eigenvalue weighted by Crippen LogP contribution is -2.60. The molecule has 0 unspecified atom stereocenters. The van der Waals surface area contributed by atoms with Crippen molar-refractivity contribution in [3.8, 4) is 0 Å². The van der Waals surface area contributed by atoms with E-state index in [4.69, 9.17) is 11.6 Å². The number of sulfonamides is 1. The van der Waals surface area contributed by atoms with Gasteiger partial charge in [-0.1, -0.05) is 31.5 Å². The third-order valence-corrected chi connectivity index (χ3v) is 6.16. The van der Waals surface area contributed by atoms with Gasteiger partial charge in [0.1, 0.15) is 12.0 Å². The first-order valence-electron chi connectivity index (χ1n) is 7.73. The topological polar surface area (TPSA) is 57.7 Å². The Morgan fingerprint density at radius 3 is 2.39 bits per heavy atom. The lowest BCUT2D eigenvalue weighted by Gasteiger charge is -2.44. The summed E-state index contributed by atoms with van der Waals surface area (Å²) < 4.78 is 27.5. The van der Waals surface area contributed by atoms with Crippen molar-refractivity contribution in [1.29, 1.82) is 0 Å². The molecule has 1 aliphatic rings. The maximum atomic E-state index is 13.0. The SMILES string of the molecule is Cc1ccc(S(=O)(=O)N2CCCN(C(=O)CCl)[C@@H]2C(C)C)cc1. The van der Waals surface area contributed by atoms with Gasteiger partial charge in [-0.15, -0.1) is 11.6 Å². The normalized spacial score (nSPS) is 20.0. The van der Waals surface area contributed by atoms with E-state index in [1.165, 1.54) is 4.31 Å². The molecule has 1 fully saturated rings. The standard InChI is InChI=1S/C16H23ClN2O3S/c1-12(2)16-18(15(20)11-17)9-4-10-19(16)23(21,22)14-7-5-13(3)6-8-14/h5-8,12,16H,4,9-11H2,1-3H3/t16-/m0/s1. The molecule has 0 radical (unpaired) electrons. The van der Waals surface area contributed by atoms with Crippen molar-refractivity contribution in [2.24, 2.45) is 5.92 Å². The van der Waals surface area contributed by atoms with Crippen molar-refractivity contribution in [3.05, 3.63) is 29.8 Å². The molecule has 23 heavy (non-hydrogen) atoms. The van der Waals surface area contributed by atoms with Gasteiger partial charge in [0.05, 0.1) is 4.90 Å². The molecule has 7 heteroatoms. The van der Waals surface area contributed by atoms with Crippen LogP contribution in [-0.4, -0.2) is 48.7 Å². The molecule has 1 aromatic rings. The molecular weight excluding hydrogens is 336 g/mol. The summed E-state index contributed by atoms with van der Waals surface area (Å²) in [5, 5.41) is 0. The van der Waals surface area contributed by atoms with E-state index in [0.29, 0.717) is 19.5 Å². The number of carbonyl (C=O) groups excluding carboxylic acids is 1. The van der Waals surface area contributed by atoms with Gasteiger partial charge in [0, 0.05) is 13.1 Å². The summed E-state index contributed by atoms with van der Waals surface area (Å²) in [6, 6.07) is 6.79. The van der Waals surface area contributed by atoms with Gasteiger partial charge in [0.2, 0.25) is 15.9 Å². The lowest BCUT2D eigenvalue weighted by molar-refractivity contribution is -0.137. The lowest BCUT2D eigenvalue weighted by atomic mass is 10.1. The summed E-state index contributed by atoms with van der Waals surface area (Å²) in [7, 11) is -3.65. The Morgan fingerprint density at radius 2 is 1.87 bits per heavy atom. The van der Waals surface area contributed by atoms with Gasteiger partial charge in [-0.3, -0.25) is 4.79 Å². The predicted molar refractivity (Wildman–Crippen MR) is 90.7 cm³/mol. The number of carbonyl (C=O) groups is 1. The van der Waals surface area contributed by atoms with Crippen molar-refractivity contribution >= 4 is 27.5 Å². The Balaban J connectivity index is 2.42. The van der Waals surface area contributed by atoms with Gasteiger partial charge in [-0.2, -0.15) is 4.31 Å². The van der Waals surface area contributed by atoms with Gasteiger partial charge in [-0.05, 0) is 31.4 Å². The van der Waals surface area contributed by atoms with Crippen LogP contribution in [0.5, 0.6) is 0 Å². The quantitative estimate of drug-likeness (QED) is 0.777. The number of halogens is 1. The molecule has 0 saturated carbocycles. The highest BCUT2D eigenvalue weighted by atomic mass is 35.5. The summed E-state index contributed by atoms with van der Waals surface area (Å²) in [6.45, 7) is 6.69. The Hall–Kier alpha value is -1.11. The number of nitrogens with zero attached hydrogens (tertiary/aromatic N) is 2. The van der Waals surface area contributed by atoms with Gasteiger partial charge >= 0.3 is 0 Å². The van der Waals surface area contributed by atoms with E-state index in [9.17, 15) is 13.2 Å². The number of hydrogen-bond acceptors (Lipinski definition) is 3. The van der Waals surface area contributed by atoms with Gasteiger partial charge < -0.3 is 4.90 Å². The largest absolute Gasteiger partial charge is 0.325 e. The van der Waals surface area contributed by atoms with E-state index in [1.54, 1.807) is 29.2 Å². The molecular formula is C16H23ClN2O3S. The van der Waals surface area contributed by atoms with E-state index in [1.807, 2.05) is 20.8 Å². The summed E-state index contributed by atoms with van der Waals surface area (Å²) in [5.41, 5.74) is 1.00. The number of rotatable bonds is 4. The van der Waals surface area contributed by atoms with E-state index in [2.05, 4.69) is 0 Å². The average molecular weight is 359 g/mol. The molecule has 1 aliphatic heterocycles. The Labute approximate surface area is 143 Å². The molecule has 1 heterocycles. The minimum absolute atomic E-state index is 0.0253. The molecule has 0 aromatic heterocycles. The fourth-order valence-electron chi connectivity index (χ4n) is 2.97. The number of alkyl halides is 1. The van der Waals surface area contributed by atoms with Crippen LogP contribution in [0.25, 0.3) is 0 Å². The van der Waals surface area contributed by atoms with Crippen LogP contribution in [0.2, 0.25) is 0 Å². The second kappa shape index (κ2) is 7.20. The number of aryl methyl sites for hydroxylation is 1. The van der Waals surface area contributed by atoms with Crippen molar-refractivity contribution in [3.63, 3.8) is 0 Å². The summed E-state index contributed by atoms with van der Waals surface area (Å²) >= 11 is 5.69. The second-order valence-electron chi connectivity index (χ2n) is 6.16. The number of amides is 1. The van der Waals surface area contributed by atoms with E-state index >= 15 is 0 Å². The third kappa shape index (κ3) is 3.70. The van der Waals surface area contributed by atoms with Crippen molar-refractivity contribution in [2.75, 3.05) is 19.0 Å². The van der Waals surface area contributed by atoms with Crippen LogP contribution in [-0.2, 0) is 14.8 Å². The Bertz CT molecular complexity index is 658. The summed E-state index contributed by atoms with van der Waals surface area (Å²) in [6.07, 6.45) is 0.109. The number of benzene rings is 1. The van der Waals surface area contributed by atoms with E-state index < -0.39 is 16.2 Å². The minimum atomic E-state index is -3.65. The van der Waals surface area contributed by atoms with E-state index in [-0.39, 0.29) is 22.6 Å². The van der Waals surface area contributed by atoms with Gasteiger partial charge in [0.25, 0.3) is 0 Å². The highest BCUT2D eigenvalue weighted by Crippen LogP contribution is 2.28. The first kappa shape index (κ1) is 18.2. The van der Waals surface area contributed by atoms with Crippen LogP contribution in [0.1, 0.15) is 25.8 Å². The number of hydrogen-bond donors (Lipinski definition) is 0. The fourth-order valence-corrected chi connectivity index (χ4v) is 4.88. The van der Waals surface area contributed by atoms with Crippen LogP contribution in [0.15, 0.2) is 29.2 Å². The molecule has 0 N–H and O–H groups in total. The van der Waals surface area contributed by atoms with Crippen LogP contribution in [0.3, 0.4) is 0 Å². The van der Waals surface area contributed by atoms with Crippen molar-refractivity contribution < 1.29 is 13.2 Å². The maximum Gasteiger partial charge on any atom is 0.244 e. The third-order valence-electron chi connectivity index (χ3n) is 4.05. The van der Waals surface area contributed by atoms with Crippen LogP contribution in [0.4, 0.5) is 0 Å². The van der Waals surface area contributed by atoms with Crippen molar-refractivity contribution in [1.82, 2.24) is 9.21 Å². The van der Waals surface area contributed by atoms with Crippen LogP contribution in [0, 0.1) is 12.8 Å². The zero-order valence-electron chi connectivity index (χ0n) is 13.7. The first-order chi connectivity index (χ1) is 10.8. The highest BCUT2D eigenvalue weighted by molar-refractivity contribution is 7.89. The van der Waals surface area contributed by atoms with Gasteiger partial charge in [0.15, 0.2) is 0 Å². The smallest absolute Gasteiger partial charge is 0.244 e. The molecule has 2 rings (SSSR count). The molecule has 1 amide bonds. The summed E-state index contributed by atoms with van der Waals surface area (Å²) in [4.78, 5) is 14.0. The van der Waals surface area contributed by atoms with E-state index in [0.717, 1.165) is 5.56 Å². The average Bonchev–Trinajstić information content (AvgIpc) is 2.53. The van der Waals surface area contributed by atoms with Crippen molar-refractivity contribution in [2.45, 2.75) is 38.3 Å². The monoisotopic (exact) mass is 358 g/mol. The molecule has 1 saturated heterocycles.